The molecule has 21 heavy (non-hydrogen) atoms. The van der Waals surface area contributed by atoms with E-state index in [9.17, 15) is 5.26 Å². The highest BCUT2D eigenvalue weighted by Crippen LogP contribution is 2.31. The molecule has 0 bridgehead atoms. The van der Waals surface area contributed by atoms with Gasteiger partial charge >= 0.3 is 0 Å². The van der Waals surface area contributed by atoms with Crippen LogP contribution in [0.25, 0.3) is 0 Å². The Hall–Kier alpha value is -2.34. The first-order chi connectivity index (χ1) is 10.1. The van der Waals surface area contributed by atoms with Crippen molar-refractivity contribution < 1.29 is 0 Å². The lowest BCUT2D eigenvalue weighted by Crippen LogP contribution is -2.15. The van der Waals surface area contributed by atoms with Crippen molar-refractivity contribution in [3.05, 3.63) is 52.2 Å². The largest absolute Gasteiger partial charge is 0.328 e. The molecule has 1 aliphatic carbocycles. The molecule has 3 rings (SSSR count). The maximum atomic E-state index is 9.44. The highest BCUT2D eigenvalue weighted by molar-refractivity contribution is 5.68. The highest BCUT2D eigenvalue weighted by Gasteiger charge is 2.19. The number of benzene rings is 1. The number of hydrogen-bond acceptors (Lipinski definition) is 3. The van der Waals surface area contributed by atoms with E-state index in [4.69, 9.17) is 4.98 Å². The zero-order valence-electron chi connectivity index (χ0n) is 12.8. The van der Waals surface area contributed by atoms with Crippen LogP contribution in [0.1, 0.15) is 34.4 Å². The van der Waals surface area contributed by atoms with Gasteiger partial charge in [-0.3, -0.25) is 0 Å². The molecule has 0 radical (unpaired) electrons. The van der Waals surface area contributed by atoms with E-state index in [0.29, 0.717) is 5.56 Å². The molecule has 0 spiro atoms. The second kappa shape index (κ2) is 5.21. The van der Waals surface area contributed by atoms with Gasteiger partial charge < -0.3 is 4.90 Å². The predicted octanol–water partition coefficient (Wildman–Crippen LogP) is 3.83. The first-order valence-electron chi connectivity index (χ1n) is 7.34. The van der Waals surface area contributed by atoms with Crippen molar-refractivity contribution in [1.82, 2.24) is 4.98 Å². The third kappa shape index (κ3) is 2.38. The van der Waals surface area contributed by atoms with E-state index in [0.717, 1.165) is 36.5 Å². The van der Waals surface area contributed by atoms with Crippen LogP contribution in [0.3, 0.4) is 0 Å². The number of rotatable bonds is 2. The van der Waals surface area contributed by atoms with E-state index in [-0.39, 0.29) is 0 Å². The van der Waals surface area contributed by atoms with Gasteiger partial charge in [0, 0.05) is 18.4 Å². The van der Waals surface area contributed by atoms with Crippen molar-refractivity contribution in [2.24, 2.45) is 0 Å². The second-order valence-corrected chi connectivity index (χ2v) is 5.78. The summed E-state index contributed by atoms with van der Waals surface area (Å²) in [6, 6.07) is 10.7. The Kier molecular flexibility index (Phi) is 3.39. The van der Waals surface area contributed by atoms with Gasteiger partial charge in [-0.05, 0) is 56.4 Å². The van der Waals surface area contributed by atoms with E-state index in [1.54, 1.807) is 0 Å². The predicted molar refractivity (Wildman–Crippen MR) is 85.0 cm³/mol. The molecular formula is C18H19N3. The Morgan fingerprint density at radius 1 is 1.19 bits per heavy atom. The van der Waals surface area contributed by atoms with E-state index >= 15 is 0 Å². The first-order valence-corrected chi connectivity index (χ1v) is 7.34. The lowest BCUT2D eigenvalue weighted by Gasteiger charge is -2.22. The summed E-state index contributed by atoms with van der Waals surface area (Å²) in [4.78, 5) is 6.80. The molecule has 3 nitrogen and oxygen atoms in total. The van der Waals surface area contributed by atoms with Crippen LogP contribution in [-0.2, 0) is 12.8 Å². The van der Waals surface area contributed by atoms with Gasteiger partial charge in [-0.2, -0.15) is 5.26 Å². The number of aromatic nitrogens is 1. The first kappa shape index (κ1) is 13.6. The van der Waals surface area contributed by atoms with Crippen molar-refractivity contribution in [3.63, 3.8) is 0 Å². The van der Waals surface area contributed by atoms with Crippen molar-refractivity contribution in [3.8, 4) is 6.07 Å². The van der Waals surface area contributed by atoms with E-state index in [1.807, 2.05) is 18.0 Å². The van der Waals surface area contributed by atoms with Gasteiger partial charge in [0.2, 0.25) is 0 Å². The average molecular weight is 277 g/mol. The van der Waals surface area contributed by atoms with Crippen molar-refractivity contribution in [2.75, 3.05) is 11.9 Å². The number of nitrogens with zero attached hydrogens (tertiary/aromatic N) is 3. The van der Waals surface area contributed by atoms with Gasteiger partial charge in [-0.25, -0.2) is 4.98 Å². The molecule has 2 aromatic rings. The Bertz CT molecular complexity index is 741. The number of nitriles is 1. The van der Waals surface area contributed by atoms with Gasteiger partial charge in [-0.15, -0.1) is 0 Å². The molecule has 0 saturated heterocycles. The summed E-state index contributed by atoms with van der Waals surface area (Å²) < 4.78 is 0. The molecule has 106 valence electrons. The number of hydrogen-bond donors (Lipinski definition) is 0. The lowest BCUT2D eigenvalue weighted by atomic mass is 10.1. The monoisotopic (exact) mass is 277 g/mol. The molecule has 0 saturated carbocycles. The highest BCUT2D eigenvalue weighted by atomic mass is 15.2. The SMILES string of the molecule is Cc1ccc(N(C)c2nc3c(cc2C#N)CCC3)c(C)c1. The fraction of sp³-hybridized carbons (Fsp3) is 0.333. The van der Waals surface area contributed by atoms with Crippen molar-refractivity contribution >= 4 is 11.5 Å². The smallest absolute Gasteiger partial charge is 0.151 e. The summed E-state index contributed by atoms with van der Waals surface area (Å²) in [6.45, 7) is 4.18. The van der Waals surface area contributed by atoms with Gasteiger partial charge in [0.05, 0.1) is 5.56 Å². The Labute approximate surface area is 125 Å². The molecule has 0 atom stereocenters. The molecule has 0 unspecified atom stereocenters. The molecule has 1 aromatic carbocycles. The molecule has 0 amide bonds. The fourth-order valence-electron chi connectivity index (χ4n) is 3.09. The van der Waals surface area contributed by atoms with E-state index in [1.165, 1.54) is 16.7 Å². The average Bonchev–Trinajstić information content (AvgIpc) is 2.92. The summed E-state index contributed by atoms with van der Waals surface area (Å²) >= 11 is 0. The Balaban J connectivity index is 2.09. The fourth-order valence-corrected chi connectivity index (χ4v) is 3.09. The maximum absolute atomic E-state index is 9.44. The summed E-state index contributed by atoms with van der Waals surface area (Å²) in [5.74, 6) is 0.769. The topological polar surface area (TPSA) is 39.9 Å². The summed E-state index contributed by atoms with van der Waals surface area (Å²) in [5.41, 5.74) is 6.60. The number of aryl methyl sites for hydroxylation is 4. The summed E-state index contributed by atoms with van der Waals surface area (Å²) in [7, 11) is 1.99. The Morgan fingerprint density at radius 2 is 2.00 bits per heavy atom. The molecule has 1 aromatic heterocycles. The standard InChI is InChI=1S/C18H19N3/c1-12-7-8-17(13(2)9-12)21(3)18-15(11-19)10-14-5-4-6-16(14)20-18/h7-10H,4-6H2,1-3H3. The minimum absolute atomic E-state index is 0.665. The molecule has 3 heteroatoms. The van der Waals surface area contributed by atoms with E-state index in [2.05, 4.69) is 38.1 Å². The van der Waals surface area contributed by atoms with Gasteiger partial charge in [0.25, 0.3) is 0 Å². The van der Waals surface area contributed by atoms with Crippen LogP contribution < -0.4 is 4.90 Å². The summed E-state index contributed by atoms with van der Waals surface area (Å²) in [5, 5.41) is 9.44. The van der Waals surface area contributed by atoms with Crippen LogP contribution in [-0.4, -0.2) is 12.0 Å². The quantitative estimate of drug-likeness (QED) is 0.837. The maximum Gasteiger partial charge on any atom is 0.151 e. The minimum atomic E-state index is 0.665. The van der Waals surface area contributed by atoms with Crippen LogP contribution in [0.5, 0.6) is 0 Å². The molecule has 1 aliphatic rings. The molecule has 0 fully saturated rings. The minimum Gasteiger partial charge on any atom is -0.328 e. The van der Waals surface area contributed by atoms with Crippen LogP contribution in [0, 0.1) is 25.2 Å². The number of pyridine rings is 1. The zero-order chi connectivity index (χ0) is 15.0. The Morgan fingerprint density at radius 3 is 2.71 bits per heavy atom. The third-order valence-electron chi connectivity index (χ3n) is 4.18. The van der Waals surface area contributed by atoms with E-state index < -0.39 is 0 Å². The molecule has 0 N–H and O–H groups in total. The summed E-state index contributed by atoms with van der Waals surface area (Å²) in [6.07, 6.45) is 3.21. The van der Waals surface area contributed by atoms with Crippen LogP contribution in [0.15, 0.2) is 24.3 Å². The second-order valence-electron chi connectivity index (χ2n) is 5.78. The van der Waals surface area contributed by atoms with Crippen LogP contribution in [0.2, 0.25) is 0 Å². The third-order valence-corrected chi connectivity index (χ3v) is 4.18. The normalized spacial score (nSPS) is 12.9. The number of anilines is 2. The van der Waals surface area contributed by atoms with Crippen LogP contribution in [0.4, 0.5) is 11.5 Å². The zero-order valence-corrected chi connectivity index (χ0v) is 12.8. The van der Waals surface area contributed by atoms with Gasteiger partial charge in [0.1, 0.15) is 6.07 Å². The van der Waals surface area contributed by atoms with Crippen LogP contribution >= 0.6 is 0 Å². The molecular weight excluding hydrogens is 258 g/mol. The molecule has 0 aliphatic heterocycles. The van der Waals surface area contributed by atoms with Gasteiger partial charge in [-0.1, -0.05) is 17.7 Å². The lowest BCUT2D eigenvalue weighted by molar-refractivity contribution is 0.898. The molecule has 1 heterocycles. The van der Waals surface area contributed by atoms with Gasteiger partial charge in [0.15, 0.2) is 5.82 Å². The van der Waals surface area contributed by atoms with Crippen molar-refractivity contribution in [1.29, 1.82) is 5.26 Å². The van der Waals surface area contributed by atoms with Crippen molar-refractivity contribution in [2.45, 2.75) is 33.1 Å². The number of fused-ring (bicyclic) bond motifs is 1.